The SMILES string of the molecule is CCCNc1ccccc1S(C)(=O)=O. The van der Waals surface area contributed by atoms with Crippen LogP contribution in [0.1, 0.15) is 13.3 Å². The highest BCUT2D eigenvalue weighted by molar-refractivity contribution is 7.90. The van der Waals surface area contributed by atoms with E-state index >= 15 is 0 Å². The van der Waals surface area contributed by atoms with Gasteiger partial charge in [0.2, 0.25) is 0 Å². The summed E-state index contributed by atoms with van der Waals surface area (Å²) in [6.07, 6.45) is 2.19. The molecule has 3 nitrogen and oxygen atoms in total. The Morgan fingerprint density at radius 1 is 1.29 bits per heavy atom. The molecule has 0 aliphatic heterocycles. The van der Waals surface area contributed by atoms with Crippen molar-refractivity contribution in [1.82, 2.24) is 0 Å². The van der Waals surface area contributed by atoms with E-state index in [2.05, 4.69) is 5.32 Å². The average Bonchev–Trinajstić information content (AvgIpc) is 2.14. The van der Waals surface area contributed by atoms with Gasteiger partial charge in [-0.2, -0.15) is 0 Å². The van der Waals surface area contributed by atoms with Crippen LogP contribution in [-0.4, -0.2) is 21.2 Å². The van der Waals surface area contributed by atoms with Crippen LogP contribution < -0.4 is 5.32 Å². The lowest BCUT2D eigenvalue weighted by molar-refractivity contribution is 0.602. The largest absolute Gasteiger partial charge is 0.384 e. The fourth-order valence-electron chi connectivity index (χ4n) is 1.20. The van der Waals surface area contributed by atoms with E-state index in [1.54, 1.807) is 18.2 Å². The molecule has 14 heavy (non-hydrogen) atoms. The lowest BCUT2D eigenvalue weighted by Gasteiger charge is -2.09. The molecule has 0 fully saturated rings. The molecule has 0 radical (unpaired) electrons. The third-order valence-corrected chi connectivity index (χ3v) is 3.01. The molecule has 0 amide bonds. The van der Waals surface area contributed by atoms with Crippen LogP contribution in [0, 0.1) is 0 Å². The summed E-state index contributed by atoms with van der Waals surface area (Å²) in [5.41, 5.74) is 0.692. The van der Waals surface area contributed by atoms with Crippen LogP contribution in [0.2, 0.25) is 0 Å². The van der Waals surface area contributed by atoms with Crippen molar-refractivity contribution in [2.24, 2.45) is 0 Å². The maximum absolute atomic E-state index is 11.4. The molecule has 0 aliphatic carbocycles. The number of hydrogen-bond donors (Lipinski definition) is 1. The van der Waals surface area contributed by atoms with Gasteiger partial charge in [0.15, 0.2) is 9.84 Å². The maximum atomic E-state index is 11.4. The molecule has 0 heterocycles. The number of hydrogen-bond acceptors (Lipinski definition) is 3. The summed E-state index contributed by atoms with van der Waals surface area (Å²) in [5.74, 6) is 0. The zero-order chi connectivity index (χ0) is 10.6. The predicted octanol–water partition coefficient (Wildman–Crippen LogP) is 1.91. The molecular formula is C10H15NO2S. The Morgan fingerprint density at radius 2 is 1.93 bits per heavy atom. The molecule has 0 aliphatic rings. The van der Waals surface area contributed by atoms with Gasteiger partial charge in [-0.25, -0.2) is 8.42 Å². The fourth-order valence-corrected chi connectivity index (χ4v) is 2.06. The number of anilines is 1. The Hall–Kier alpha value is -1.03. The van der Waals surface area contributed by atoms with Gasteiger partial charge < -0.3 is 5.32 Å². The maximum Gasteiger partial charge on any atom is 0.177 e. The highest BCUT2D eigenvalue weighted by Crippen LogP contribution is 2.20. The normalized spacial score (nSPS) is 11.3. The number of rotatable bonds is 4. The quantitative estimate of drug-likeness (QED) is 0.831. The summed E-state index contributed by atoms with van der Waals surface area (Å²) >= 11 is 0. The van der Waals surface area contributed by atoms with Gasteiger partial charge in [-0.1, -0.05) is 19.1 Å². The molecule has 0 spiro atoms. The summed E-state index contributed by atoms with van der Waals surface area (Å²) < 4.78 is 22.8. The van der Waals surface area contributed by atoms with Gasteiger partial charge in [0.25, 0.3) is 0 Å². The monoisotopic (exact) mass is 213 g/mol. The Morgan fingerprint density at radius 3 is 2.50 bits per heavy atom. The second-order valence-electron chi connectivity index (χ2n) is 3.20. The summed E-state index contributed by atoms with van der Waals surface area (Å²) in [4.78, 5) is 0.369. The van der Waals surface area contributed by atoms with Gasteiger partial charge in [-0.3, -0.25) is 0 Å². The minimum Gasteiger partial charge on any atom is -0.384 e. The first-order valence-electron chi connectivity index (χ1n) is 4.58. The second-order valence-corrected chi connectivity index (χ2v) is 5.18. The lowest BCUT2D eigenvalue weighted by Crippen LogP contribution is -2.06. The predicted molar refractivity (Wildman–Crippen MR) is 58.3 cm³/mol. The van der Waals surface area contributed by atoms with E-state index in [-0.39, 0.29) is 0 Å². The molecule has 0 aromatic heterocycles. The first kappa shape index (κ1) is 11.0. The Bertz CT molecular complexity index is 398. The number of sulfone groups is 1. The Kier molecular flexibility index (Phi) is 3.52. The molecule has 0 bridgehead atoms. The van der Waals surface area contributed by atoms with E-state index in [9.17, 15) is 8.42 Å². The molecule has 1 N–H and O–H groups in total. The van der Waals surface area contributed by atoms with Crippen LogP contribution in [0.5, 0.6) is 0 Å². The van der Waals surface area contributed by atoms with Crippen LogP contribution in [-0.2, 0) is 9.84 Å². The molecule has 0 saturated carbocycles. The Labute approximate surface area is 85.1 Å². The van der Waals surface area contributed by atoms with Crippen molar-refractivity contribution >= 4 is 15.5 Å². The minimum absolute atomic E-state index is 0.369. The van der Waals surface area contributed by atoms with E-state index in [0.29, 0.717) is 10.6 Å². The first-order chi connectivity index (χ1) is 6.55. The smallest absolute Gasteiger partial charge is 0.177 e. The minimum atomic E-state index is -3.13. The van der Waals surface area contributed by atoms with E-state index in [1.165, 1.54) is 6.26 Å². The highest BCUT2D eigenvalue weighted by Gasteiger charge is 2.11. The number of benzene rings is 1. The zero-order valence-electron chi connectivity index (χ0n) is 8.45. The topological polar surface area (TPSA) is 46.2 Å². The number of para-hydroxylation sites is 1. The average molecular weight is 213 g/mol. The highest BCUT2D eigenvalue weighted by atomic mass is 32.2. The zero-order valence-corrected chi connectivity index (χ0v) is 9.26. The van der Waals surface area contributed by atoms with Crippen molar-refractivity contribution < 1.29 is 8.42 Å². The lowest BCUT2D eigenvalue weighted by atomic mass is 10.3. The third-order valence-electron chi connectivity index (χ3n) is 1.85. The van der Waals surface area contributed by atoms with E-state index < -0.39 is 9.84 Å². The molecule has 1 rings (SSSR count). The molecule has 4 heteroatoms. The van der Waals surface area contributed by atoms with Crippen LogP contribution in [0.4, 0.5) is 5.69 Å². The van der Waals surface area contributed by atoms with E-state index in [4.69, 9.17) is 0 Å². The summed E-state index contributed by atoms with van der Waals surface area (Å²) in [5, 5.41) is 3.09. The van der Waals surface area contributed by atoms with E-state index in [1.807, 2.05) is 13.0 Å². The summed E-state index contributed by atoms with van der Waals surface area (Å²) in [7, 11) is -3.13. The summed E-state index contributed by atoms with van der Waals surface area (Å²) in [6, 6.07) is 6.96. The summed E-state index contributed by atoms with van der Waals surface area (Å²) in [6.45, 7) is 2.82. The van der Waals surface area contributed by atoms with Gasteiger partial charge in [-0.05, 0) is 18.6 Å². The molecule has 0 unspecified atom stereocenters. The van der Waals surface area contributed by atoms with Gasteiger partial charge >= 0.3 is 0 Å². The van der Waals surface area contributed by atoms with Gasteiger partial charge in [-0.15, -0.1) is 0 Å². The van der Waals surface area contributed by atoms with Gasteiger partial charge in [0, 0.05) is 12.8 Å². The van der Waals surface area contributed by atoms with E-state index in [0.717, 1.165) is 13.0 Å². The van der Waals surface area contributed by atoms with Crippen molar-refractivity contribution in [3.05, 3.63) is 24.3 Å². The molecule has 78 valence electrons. The van der Waals surface area contributed by atoms with Crippen molar-refractivity contribution in [2.45, 2.75) is 18.2 Å². The molecule has 1 aromatic rings. The van der Waals surface area contributed by atoms with Crippen LogP contribution in [0.3, 0.4) is 0 Å². The van der Waals surface area contributed by atoms with Crippen molar-refractivity contribution in [2.75, 3.05) is 18.1 Å². The van der Waals surface area contributed by atoms with Crippen molar-refractivity contribution in [1.29, 1.82) is 0 Å². The fraction of sp³-hybridized carbons (Fsp3) is 0.400. The standard InChI is InChI=1S/C10H15NO2S/c1-3-8-11-9-6-4-5-7-10(9)14(2,12)13/h4-7,11H,3,8H2,1-2H3. The van der Waals surface area contributed by atoms with Gasteiger partial charge in [0.1, 0.15) is 0 Å². The van der Waals surface area contributed by atoms with Crippen LogP contribution >= 0.6 is 0 Å². The van der Waals surface area contributed by atoms with Crippen molar-refractivity contribution in [3.8, 4) is 0 Å². The first-order valence-corrected chi connectivity index (χ1v) is 6.48. The molecule has 0 atom stereocenters. The molecular weight excluding hydrogens is 198 g/mol. The van der Waals surface area contributed by atoms with Crippen LogP contribution in [0.25, 0.3) is 0 Å². The third kappa shape index (κ3) is 2.73. The van der Waals surface area contributed by atoms with Crippen LogP contribution in [0.15, 0.2) is 29.2 Å². The molecule has 0 saturated heterocycles. The molecule has 1 aromatic carbocycles. The van der Waals surface area contributed by atoms with Crippen molar-refractivity contribution in [3.63, 3.8) is 0 Å². The second kappa shape index (κ2) is 4.46. The van der Waals surface area contributed by atoms with Gasteiger partial charge in [0.05, 0.1) is 10.6 Å². The Balaban J connectivity index is 3.04. The number of nitrogens with one attached hydrogen (secondary N) is 1.